The van der Waals surface area contributed by atoms with E-state index in [1.54, 1.807) is 20.8 Å². The summed E-state index contributed by atoms with van der Waals surface area (Å²) in [6.07, 6.45) is -4.95. The topological polar surface area (TPSA) is 102 Å². The molecule has 0 heterocycles. The van der Waals surface area contributed by atoms with Gasteiger partial charge in [-0.15, -0.1) is 0 Å². The molecule has 29 heavy (non-hydrogen) atoms. The van der Waals surface area contributed by atoms with Crippen molar-refractivity contribution in [3.8, 4) is 0 Å². The molecule has 12 heteroatoms. The van der Waals surface area contributed by atoms with E-state index in [1.807, 2.05) is 0 Å². The number of sulfonamides is 1. The quantitative estimate of drug-likeness (QED) is 0.460. The fourth-order valence-corrected chi connectivity index (χ4v) is 3.41. The molecule has 0 unspecified atom stereocenters. The van der Waals surface area contributed by atoms with Gasteiger partial charge >= 0.3 is 12.1 Å². The summed E-state index contributed by atoms with van der Waals surface area (Å²) in [6.45, 7) is 4.61. The molecule has 0 radical (unpaired) electrons. The number of amides is 1. The number of hydrogen-bond donors (Lipinski definition) is 2. The minimum atomic E-state index is -4.80. The third-order valence-corrected chi connectivity index (χ3v) is 5.07. The van der Waals surface area contributed by atoms with Crippen LogP contribution in [-0.2, 0) is 30.5 Å². The highest BCUT2D eigenvalue weighted by Gasteiger charge is 2.34. The Morgan fingerprint density at radius 1 is 1.17 bits per heavy atom. The predicted molar refractivity (Wildman–Crippen MR) is 99.7 cm³/mol. The number of ether oxygens (including phenoxy) is 1. The molecule has 0 aliphatic carbocycles. The molecule has 164 valence electrons. The summed E-state index contributed by atoms with van der Waals surface area (Å²) in [4.78, 5) is 22.5. The number of rotatable bonds is 8. The average molecular weight is 459 g/mol. The molecule has 0 aliphatic rings. The van der Waals surface area contributed by atoms with E-state index in [4.69, 9.17) is 16.3 Å². The van der Waals surface area contributed by atoms with Crippen molar-refractivity contribution in [1.29, 1.82) is 0 Å². The van der Waals surface area contributed by atoms with Crippen LogP contribution < -0.4 is 10.0 Å². The van der Waals surface area contributed by atoms with E-state index in [1.165, 1.54) is 0 Å². The van der Waals surface area contributed by atoms with Gasteiger partial charge in [0.05, 0.1) is 15.5 Å². The van der Waals surface area contributed by atoms with Gasteiger partial charge in [0.25, 0.3) is 5.91 Å². The van der Waals surface area contributed by atoms with Crippen LogP contribution in [-0.4, -0.2) is 39.0 Å². The molecule has 1 rings (SSSR count). The van der Waals surface area contributed by atoms with Gasteiger partial charge in [-0.25, -0.2) is 13.1 Å². The maximum atomic E-state index is 12.9. The molecule has 0 atom stereocenters. The van der Waals surface area contributed by atoms with Gasteiger partial charge in [-0.2, -0.15) is 13.2 Å². The van der Waals surface area contributed by atoms with E-state index in [0.29, 0.717) is 6.07 Å². The van der Waals surface area contributed by atoms with Gasteiger partial charge in [0, 0.05) is 18.5 Å². The summed E-state index contributed by atoms with van der Waals surface area (Å²) < 4.78 is 69.7. The zero-order chi connectivity index (χ0) is 22.5. The molecule has 0 aliphatic heterocycles. The molecule has 1 aromatic carbocycles. The number of carbonyl (C=O) groups is 2. The van der Waals surface area contributed by atoms with Gasteiger partial charge < -0.3 is 10.1 Å². The normalized spacial score (nSPS) is 12.5. The number of benzene rings is 1. The number of alkyl halides is 3. The molecular formula is C17H22ClF3N2O5S. The van der Waals surface area contributed by atoms with Crippen molar-refractivity contribution >= 4 is 33.5 Å². The lowest BCUT2D eigenvalue weighted by atomic mass is 10.1. The van der Waals surface area contributed by atoms with Crippen molar-refractivity contribution < 1.29 is 35.9 Å². The Bertz CT molecular complexity index is 852. The fourth-order valence-electron chi connectivity index (χ4n) is 2.08. The smallest absolute Gasteiger partial charge is 0.417 e. The van der Waals surface area contributed by atoms with Crippen LogP contribution in [0.1, 0.15) is 39.2 Å². The number of hydrogen-bond acceptors (Lipinski definition) is 5. The van der Waals surface area contributed by atoms with Crippen LogP contribution in [0, 0.1) is 0 Å². The van der Waals surface area contributed by atoms with Crippen molar-refractivity contribution in [3.63, 3.8) is 0 Å². The van der Waals surface area contributed by atoms with Gasteiger partial charge in [-0.3, -0.25) is 9.59 Å². The zero-order valence-electron chi connectivity index (χ0n) is 16.0. The van der Waals surface area contributed by atoms with E-state index in [9.17, 15) is 31.2 Å². The standard InChI is InChI=1S/C17H22ClF3N2O5S/c1-16(2,3)23-14(24)10-28-15(25)5-4-8-22-29(26,27)11-6-7-13(18)12(9-11)17(19,20)21/h6-7,9,22H,4-5,8,10H2,1-3H3,(H,23,24). The maximum Gasteiger partial charge on any atom is 0.417 e. The Labute approximate surface area is 172 Å². The van der Waals surface area contributed by atoms with Gasteiger partial charge in [0.15, 0.2) is 6.61 Å². The highest BCUT2D eigenvalue weighted by Crippen LogP contribution is 2.35. The van der Waals surface area contributed by atoms with Crippen molar-refractivity contribution in [2.75, 3.05) is 13.2 Å². The lowest BCUT2D eigenvalue weighted by Gasteiger charge is -2.20. The van der Waals surface area contributed by atoms with E-state index >= 15 is 0 Å². The average Bonchev–Trinajstić information content (AvgIpc) is 2.54. The number of nitrogens with one attached hydrogen (secondary N) is 2. The Balaban J connectivity index is 2.52. The van der Waals surface area contributed by atoms with Crippen LogP contribution in [0.3, 0.4) is 0 Å². The first-order valence-electron chi connectivity index (χ1n) is 8.45. The third-order valence-electron chi connectivity index (χ3n) is 3.28. The second-order valence-corrected chi connectivity index (χ2v) is 9.27. The van der Waals surface area contributed by atoms with E-state index in [2.05, 4.69) is 10.0 Å². The van der Waals surface area contributed by atoms with E-state index < -0.39 is 55.7 Å². The lowest BCUT2D eigenvalue weighted by Crippen LogP contribution is -2.42. The van der Waals surface area contributed by atoms with Crippen LogP contribution in [0.2, 0.25) is 5.02 Å². The second-order valence-electron chi connectivity index (χ2n) is 7.10. The van der Waals surface area contributed by atoms with Crippen molar-refractivity contribution in [2.45, 2.75) is 50.2 Å². The molecular weight excluding hydrogens is 437 g/mol. The first kappa shape index (κ1) is 25.2. The lowest BCUT2D eigenvalue weighted by molar-refractivity contribution is -0.149. The molecule has 1 amide bonds. The van der Waals surface area contributed by atoms with E-state index in [0.717, 1.165) is 12.1 Å². The second kappa shape index (κ2) is 9.77. The molecule has 0 spiro atoms. The Kier molecular flexibility index (Phi) is 8.48. The van der Waals surface area contributed by atoms with Gasteiger partial charge in [0.1, 0.15) is 0 Å². The molecule has 0 saturated heterocycles. The first-order chi connectivity index (χ1) is 13.1. The van der Waals surface area contributed by atoms with Crippen molar-refractivity contribution in [1.82, 2.24) is 10.0 Å². The number of halogens is 4. The zero-order valence-corrected chi connectivity index (χ0v) is 17.6. The number of carbonyl (C=O) groups excluding carboxylic acids is 2. The maximum absolute atomic E-state index is 12.9. The SMILES string of the molecule is CC(C)(C)NC(=O)COC(=O)CCCNS(=O)(=O)c1ccc(Cl)c(C(F)(F)F)c1. The minimum absolute atomic E-state index is 0.0265. The Morgan fingerprint density at radius 2 is 1.79 bits per heavy atom. The van der Waals surface area contributed by atoms with Crippen LogP contribution in [0.15, 0.2) is 23.1 Å². The highest BCUT2D eigenvalue weighted by molar-refractivity contribution is 7.89. The van der Waals surface area contributed by atoms with Gasteiger partial charge in [-0.05, 0) is 45.4 Å². The summed E-state index contributed by atoms with van der Waals surface area (Å²) in [5, 5.41) is 1.99. The molecule has 1 aromatic rings. The van der Waals surface area contributed by atoms with Crippen LogP contribution in [0.5, 0.6) is 0 Å². The molecule has 0 aromatic heterocycles. The summed E-state index contributed by atoms with van der Waals surface area (Å²) >= 11 is 5.46. The molecule has 7 nitrogen and oxygen atoms in total. The van der Waals surface area contributed by atoms with Crippen LogP contribution in [0.25, 0.3) is 0 Å². The summed E-state index contributed by atoms with van der Waals surface area (Å²) in [6, 6.07) is 2.23. The largest absolute Gasteiger partial charge is 0.456 e. The molecule has 2 N–H and O–H groups in total. The first-order valence-corrected chi connectivity index (χ1v) is 10.3. The van der Waals surface area contributed by atoms with Crippen molar-refractivity contribution in [3.05, 3.63) is 28.8 Å². The third kappa shape index (κ3) is 9.01. The van der Waals surface area contributed by atoms with Crippen LogP contribution in [0.4, 0.5) is 13.2 Å². The van der Waals surface area contributed by atoms with E-state index in [-0.39, 0.29) is 19.4 Å². The minimum Gasteiger partial charge on any atom is -0.456 e. The Hall–Kier alpha value is -1.85. The molecule has 0 fully saturated rings. The Morgan fingerprint density at radius 3 is 2.34 bits per heavy atom. The van der Waals surface area contributed by atoms with Gasteiger partial charge in [-0.1, -0.05) is 11.6 Å². The monoisotopic (exact) mass is 458 g/mol. The molecule has 0 bridgehead atoms. The fraction of sp³-hybridized carbons (Fsp3) is 0.529. The van der Waals surface area contributed by atoms with Gasteiger partial charge in [0.2, 0.25) is 10.0 Å². The molecule has 0 saturated carbocycles. The summed E-state index contributed by atoms with van der Waals surface area (Å²) in [7, 11) is -4.23. The number of esters is 1. The van der Waals surface area contributed by atoms with Crippen LogP contribution >= 0.6 is 11.6 Å². The summed E-state index contributed by atoms with van der Waals surface area (Å²) in [5.74, 6) is -1.19. The van der Waals surface area contributed by atoms with Crippen molar-refractivity contribution in [2.24, 2.45) is 0 Å². The summed E-state index contributed by atoms with van der Waals surface area (Å²) in [5.41, 5.74) is -1.74. The predicted octanol–water partition coefficient (Wildman–Crippen LogP) is 2.88. The highest BCUT2D eigenvalue weighted by atomic mass is 35.5.